The fraction of sp³-hybridized carbons (Fsp3) is 0.462. The summed E-state index contributed by atoms with van der Waals surface area (Å²) in [5, 5.41) is 0. The molecule has 2 rings (SSSR count). The van der Waals surface area contributed by atoms with Crippen molar-refractivity contribution in [2.75, 3.05) is 0 Å². The van der Waals surface area contributed by atoms with Gasteiger partial charge < -0.3 is 10.1 Å². The lowest BCUT2D eigenvalue weighted by atomic mass is 9.87. The number of nitrogens with zero attached hydrogens (tertiary/aromatic N) is 2. The third kappa shape index (κ3) is 1.71. The number of rotatable bonds is 1. The molecule has 0 unspecified atom stereocenters. The quantitative estimate of drug-likeness (QED) is 0.797. The maximum absolute atomic E-state index is 5.60. The van der Waals surface area contributed by atoms with Crippen LogP contribution in [-0.2, 0) is 12.0 Å². The molecule has 0 aromatic carbocycles. The molecule has 0 aliphatic heterocycles. The summed E-state index contributed by atoms with van der Waals surface area (Å²) in [5.41, 5.74) is 10.5. The lowest BCUT2D eigenvalue weighted by molar-refractivity contribution is 0.585. The number of aromatic nitrogens is 2. The molecule has 0 atom stereocenters. The van der Waals surface area contributed by atoms with Gasteiger partial charge in [-0.25, -0.2) is 4.98 Å². The Kier molecular flexibility index (Phi) is 2.50. The van der Waals surface area contributed by atoms with Gasteiger partial charge in [0.15, 0.2) is 0 Å². The van der Waals surface area contributed by atoms with Crippen molar-refractivity contribution in [3.05, 3.63) is 35.4 Å². The Morgan fingerprint density at radius 3 is 2.56 bits per heavy atom. The number of aryl methyl sites for hydroxylation is 1. The van der Waals surface area contributed by atoms with Gasteiger partial charge in [-0.2, -0.15) is 0 Å². The molecule has 3 heteroatoms. The van der Waals surface area contributed by atoms with Crippen LogP contribution in [0.1, 0.15) is 37.7 Å². The lowest BCUT2D eigenvalue weighted by Gasteiger charge is -2.18. The molecule has 0 aliphatic rings. The van der Waals surface area contributed by atoms with E-state index in [2.05, 4.69) is 49.2 Å². The lowest BCUT2D eigenvalue weighted by Crippen LogP contribution is -2.11. The second-order valence-corrected chi connectivity index (χ2v) is 5.27. The zero-order valence-electron chi connectivity index (χ0n) is 10.4. The second-order valence-electron chi connectivity index (χ2n) is 5.27. The second kappa shape index (κ2) is 3.59. The average molecular weight is 217 g/mol. The maximum atomic E-state index is 5.60. The van der Waals surface area contributed by atoms with Crippen LogP contribution in [0.5, 0.6) is 0 Å². The van der Waals surface area contributed by atoms with Crippen molar-refractivity contribution in [2.45, 2.75) is 39.7 Å². The summed E-state index contributed by atoms with van der Waals surface area (Å²) < 4.78 is 2.12. The van der Waals surface area contributed by atoms with Crippen LogP contribution in [0.4, 0.5) is 0 Å². The molecule has 2 heterocycles. The normalized spacial score (nSPS) is 12.3. The third-order valence-corrected chi connectivity index (χ3v) is 2.99. The zero-order valence-corrected chi connectivity index (χ0v) is 10.4. The molecule has 0 saturated carbocycles. The Morgan fingerprint density at radius 2 is 2.00 bits per heavy atom. The van der Waals surface area contributed by atoms with Crippen LogP contribution < -0.4 is 5.73 Å². The minimum Gasteiger partial charge on any atom is -0.325 e. The van der Waals surface area contributed by atoms with Crippen LogP contribution in [0.25, 0.3) is 5.52 Å². The van der Waals surface area contributed by atoms with Crippen molar-refractivity contribution in [3.63, 3.8) is 0 Å². The summed E-state index contributed by atoms with van der Waals surface area (Å²) in [6, 6.07) is 4.29. The molecule has 2 aromatic rings. The van der Waals surface area contributed by atoms with Crippen molar-refractivity contribution < 1.29 is 0 Å². The zero-order chi connectivity index (χ0) is 11.9. The molecule has 0 amide bonds. The third-order valence-electron chi connectivity index (χ3n) is 2.99. The van der Waals surface area contributed by atoms with E-state index in [1.165, 1.54) is 16.8 Å². The summed E-state index contributed by atoms with van der Waals surface area (Å²) in [4.78, 5) is 4.32. The molecule has 0 bridgehead atoms. The molecule has 0 radical (unpaired) electrons. The first kappa shape index (κ1) is 11.1. The number of nitrogens with two attached hydrogens (primary N) is 1. The first-order valence-corrected chi connectivity index (χ1v) is 5.60. The standard InChI is InChI=1S/C13H19N3/c1-9-12(13(2,3)4)6-11-5-10(7-14)15-8-16(9)11/h5-6,8H,7,14H2,1-4H3. The first-order chi connectivity index (χ1) is 7.43. The summed E-state index contributed by atoms with van der Waals surface area (Å²) in [7, 11) is 0. The van der Waals surface area contributed by atoms with Gasteiger partial charge in [-0.15, -0.1) is 0 Å². The summed E-state index contributed by atoms with van der Waals surface area (Å²) in [6.45, 7) is 9.31. The largest absolute Gasteiger partial charge is 0.325 e. The van der Waals surface area contributed by atoms with Crippen molar-refractivity contribution in [1.82, 2.24) is 9.38 Å². The van der Waals surface area contributed by atoms with Crippen LogP contribution >= 0.6 is 0 Å². The van der Waals surface area contributed by atoms with E-state index < -0.39 is 0 Å². The Morgan fingerprint density at radius 1 is 1.31 bits per heavy atom. The number of hydrogen-bond donors (Lipinski definition) is 1. The topological polar surface area (TPSA) is 43.3 Å². The fourth-order valence-corrected chi connectivity index (χ4v) is 2.12. The van der Waals surface area contributed by atoms with Gasteiger partial charge in [-0.05, 0) is 30.0 Å². The average Bonchev–Trinajstić information content (AvgIpc) is 2.55. The molecule has 0 fully saturated rings. The highest BCUT2D eigenvalue weighted by Gasteiger charge is 2.19. The van der Waals surface area contributed by atoms with E-state index in [0.717, 1.165) is 5.69 Å². The van der Waals surface area contributed by atoms with E-state index in [4.69, 9.17) is 5.73 Å². The Balaban J connectivity index is 2.68. The fourth-order valence-electron chi connectivity index (χ4n) is 2.12. The van der Waals surface area contributed by atoms with E-state index in [1.54, 1.807) is 0 Å². The van der Waals surface area contributed by atoms with Gasteiger partial charge in [0, 0.05) is 17.8 Å². The molecular formula is C13H19N3. The van der Waals surface area contributed by atoms with Crippen LogP contribution in [0.15, 0.2) is 18.5 Å². The highest BCUT2D eigenvalue weighted by Crippen LogP contribution is 2.28. The number of fused-ring (bicyclic) bond motifs is 1. The van der Waals surface area contributed by atoms with Crippen LogP contribution in [-0.4, -0.2) is 9.38 Å². The minimum absolute atomic E-state index is 0.166. The molecular weight excluding hydrogens is 198 g/mol. The van der Waals surface area contributed by atoms with Gasteiger partial charge in [0.1, 0.15) is 0 Å². The number of hydrogen-bond acceptors (Lipinski definition) is 2. The molecule has 3 nitrogen and oxygen atoms in total. The highest BCUT2D eigenvalue weighted by atomic mass is 15.0. The van der Waals surface area contributed by atoms with E-state index in [0.29, 0.717) is 6.54 Å². The van der Waals surface area contributed by atoms with Crippen molar-refractivity contribution in [2.24, 2.45) is 5.73 Å². The first-order valence-electron chi connectivity index (χ1n) is 5.60. The van der Waals surface area contributed by atoms with Gasteiger partial charge in [0.25, 0.3) is 0 Å². The van der Waals surface area contributed by atoms with Gasteiger partial charge >= 0.3 is 0 Å². The van der Waals surface area contributed by atoms with Crippen LogP contribution in [0.2, 0.25) is 0 Å². The summed E-state index contributed by atoms with van der Waals surface area (Å²) in [5.74, 6) is 0. The van der Waals surface area contributed by atoms with Gasteiger partial charge in [-0.1, -0.05) is 20.8 Å². The van der Waals surface area contributed by atoms with Gasteiger partial charge in [-0.3, -0.25) is 0 Å². The molecule has 0 saturated heterocycles. The predicted octanol–water partition coefficient (Wildman–Crippen LogP) is 2.40. The molecule has 0 aliphatic carbocycles. The summed E-state index contributed by atoms with van der Waals surface area (Å²) in [6.07, 6.45) is 1.86. The molecule has 0 spiro atoms. The monoisotopic (exact) mass is 217 g/mol. The van der Waals surface area contributed by atoms with Crippen molar-refractivity contribution >= 4 is 5.52 Å². The maximum Gasteiger partial charge on any atom is 0.0996 e. The predicted molar refractivity (Wildman–Crippen MR) is 66.5 cm³/mol. The molecule has 2 aromatic heterocycles. The van der Waals surface area contributed by atoms with Crippen LogP contribution in [0, 0.1) is 6.92 Å². The van der Waals surface area contributed by atoms with Crippen molar-refractivity contribution in [1.29, 1.82) is 0 Å². The van der Waals surface area contributed by atoms with E-state index >= 15 is 0 Å². The Labute approximate surface area is 96.3 Å². The smallest absolute Gasteiger partial charge is 0.0996 e. The minimum atomic E-state index is 0.166. The Hall–Kier alpha value is -1.35. The van der Waals surface area contributed by atoms with E-state index in [-0.39, 0.29) is 5.41 Å². The highest BCUT2D eigenvalue weighted by molar-refractivity contribution is 5.55. The Bertz CT molecular complexity index is 518. The molecule has 86 valence electrons. The molecule has 16 heavy (non-hydrogen) atoms. The van der Waals surface area contributed by atoms with Gasteiger partial charge in [0.05, 0.1) is 12.0 Å². The van der Waals surface area contributed by atoms with E-state index in [9.17, 15) is 0 Å². The van der Waals surface area contributed by atoms with Crippen molar-refractivity contribution in [3.8, 4) is 0 Å². The summed E-state index contributed by atoms with van der Waals surface area (Å²) >= 11 is 0. The van der Waals surface area contributed by atoms with Crippen LogP contribution in [0.3, 0.4) is 0 Å². The van der Waals surface area contributed by atoms with E-state index in [1.807, 2.05) is 6.33 Å². The SMILES string of the molecule is Cc1c(C(C)(C)C)cc2cc(CN)ncn12. The molecule has 2 N–H and O–H groups in total. The van der Waals surface area contributed by atoms with Gasteiger partial charge in [0.2, 0.25) is 0 Å².